The molecule has 0 N–H and O–H groups in total. The Bertz CT molecular complexity index is 435. The zero-order chi connectivity index (χ0) is 12.6. The van der Waals surface area contributed by atoms with Crippen LogP contribution in [0.5, 0.6) is 0 Å². The van der Waals surface area contributed by atoms with E-state index in [0.717, 1.165) is 0 Å². The lowest BCUT2D eigenvalue weighted by Gasteiger charge is -2.30. The number of methoxy groups -OCH3 is 1. The standard InChI is InChI=1S/C11H12O6/c1-6-7(8(12)15-2)9(13)17-11(6)4-3-5-16-10(11)14/h3-5H2,1-2H3. The molecule has 6 heteroatoms. The summed E-state index contributed by atoms with van der Waals surface area (Å²) >= 11 is 0. The van der Waals surface area contributed by atoms with Crippen molar-refractivity contribution in [1.29, 1.82) is 0 Å². The molecular weight excluding hydrogens is 228 g/mol. The van der Waals surface area contributed by atoms with Gasteiger partial charge in [0, 0.05) is 12.0 Å². The molecule has 6 nitrogen and oxygen atoms in total. The Morgan fingerprint density at radius 3 is 2.71 bits per heavy atom. The molecule has 2 aliphatic rings. The van der Waals surface area contributed by atoms with Crippen LogP contribution in [0.4, 0.5) is 0 Å². The van der Waals surface area contributed by atoms with Crippen molar-refractivity contribution in [3.8, 4) is 0 Å². The summed E-state index contributed by atoms with van der Waals surface area (Å²) in [5.41, 5.74) is -1.34. The Morgan fingerprint density at radius 1 is 1.41 bits per heavy atom. The predicted molar refractivity (Wildman–Crippen MR) is 53.7 cm³/mol. The van der Waals surface area contributed by atoms with E-state index in [1.165, 1.54) is 14.0 Å². The van der Waals surface area contributed by atoms with E-state index in [2.05, 4.69) is 4.74 Å². The number of carbonyl (C=O) groups excluding carboxylic acids is 3. The van der Waals surface area contributed by atoms with E-state index in [9.17, 15) is 14.4 Å². The highest BCUT2D eigenvalue weighted by Gasteiger charge is 2.55. The molecule has 0 aromatic heterocycles. The van der Waals surface area contributed by atoms with Crippen LogP contribution in [0.3, 0.4) is 0 Å². The summed E-state index contributed by atoms with van der Waals surface area (Å²) in [6.07, 6.45) is 0.925. The van der Waals surface area contributed by atoms with Crippen molar-refractivity contribution in [3.05, 3.63) is 11.1 Å². The van der Waals surface area contributed by atoms with Crippen LogP contribution in [0.2, 0.25) is 0 Å². The Hall–Kier alpha value is -1.85. The summed E-state index contributed by atoms with van der Waals surface area (Å²) in [4.78, 5) is 34.8. The van der Waals surface area contributed by atoms with Gasteiger partial charge in [0.25, 0.3) is 0 Å². The van der Waals surface area contributed by atoms with E-state index in [-0.39, 0.29) is 11.1 Å². The fourth-order valence-corrected chi connectivity index (χ4v) is 2.12. The molecule has 2 rings (SSSR count). The van der Waals surface area contributed by atoms with Crippen molar-refractivity contribution in [2.45, 2.75) is 25.4 Å². The number of hydrogen-bond donors (Lipinski definition) is 0. The largest absolute Gasteiger partial charge is 0.465 e. The minimum absolute atomic E-state index is 0.202. The summed E-state index contributed by atoms with van der Waals surface area (Å²) in [5, 5.41) is 0. The van der Waals surface area contributed by atoms with Gasteiger partial charge in [0.2, 0.25) is 5.60 Å². The number of carbonyl (C=O) groups is 3. The van der Waals surface area contributed by atoms with Crippen LogP contribution in [0.1, 0.15) is 19.8 Å². The SMILES string of the molecule is COC(=O)C1=C(C)C2(CCCOC2=O)OC1=O. The molecular formula is C11H12O6. The van der Waals surface area contributed by atoms with E-state index in [1.807, 2.05) is 0 Å². The fourth-order valence-electron chi connectivity index (χ4n) is 2.12. The lowest BCUT2D eigenvalue weighted by Crippen LogP contribution is -2.45. The van der Waals surface area contributed by atoms with Gasteiger partial charge < -0.3 is 14.2 Å². The summed E-state index contributed by atoms with van der Waals surface area (Å²) in [7, 11) is 1.17. The molecule has 0 saturated carbocycles. The molecule has 0 amide bonds. The number of cyclic esters (lactones) is 1. The molecule has 92 valence electrons. The number of rotatable bonds is 1. The number of esters is 3. The third-order valence-electron chi connectivity index (χ3n) is 3.08. The van der Waals surface area contributed by atoms with Crippen molar-refractivity contribution in [2.24, 2.45) is 0 Å². The fraction of sp³-hybridized carbons (Fsp3) is 0.545. The maximum Gasteiger partial charge on any atom is 0.355 e. The zero-order valence-electron chi connectivity index (χ0n) is 9.57. The quantitative estimate of drug-likeness (QED) is 0.367. The Labute approximate surface area is 97.5 Å². The summed E-state index contributed by atoms with van der Waals surface area (Å²) in [6, 6.07) is 0. The highest BCUT2D eigenvalue weighted by molar-refractivity contribution is 6.18. The molecule has 1 fully saturated rings. The molecule has 1 spiro atoms. The first-order chi connectivity index (χ1) is 8.03. The molecule has 0 aromatic carbocycles. The second kappa shape index (κ2) is 3.87. The minimum atomic E-state index is -1.42. The Balaban J connectivity index is 2.46. The second-order valence-electron chi connectivity index (χ2n) is 3.95. The van der Waals surface area contributed by atoms with Gasteiger partial charge in [-0.15, -0.1) is 0 Å². The number of hydrogen-bond acceptors (Lipinski definition) is 6. The van der Waals surface area contributed by atoms with Gasteiger partial charge >= 0.3 is 17.9 Å². The molecule has 1 saturated heterocycles. The molecule has 0 aromatic rings. The van der Waals surface area contributed by atoms with Crippen molar-refractivity contribution in [1.82, 2.24) is 0 Å². The zero-order valence-corrected chi connectivity index (χ0v) is 9.57. The van der Waals surface area contributed by atoms with Crippen molar-refractivity contribution in [2.75, 3.05) is 13.7 Å². The summed E-state index contributed by atoms with van der Waals surface area (Å²) < 4.78 is 14.4. The Kier molecular flexibility index (Phi) is 2.65. The maximum atomic E-state index is 11.7. The smallest absolute Gasteiger partial charge is 0.355 e. The molecule has 17 heavy (non-hydrogen) atoms. The van der Waals surface area contributed by atoms with Gasteiger partial charge in [0.15, 0.2) is 0 Å². The van der Waals surface area contributed by atoms with Gasteiger partial charge in [0.1, 0.15) is 5.57 Å². The van der Waals surface area contributed by atoms with Crippen molar-refractivity contribution < 1.29 is 28.6 Å². The van der Waals surface area contributed by atoms with Crippen LogP contribution in [0, 0.1) is 0 Å². The lowest BCUT2D eigenvalue weighted by atomic mass is 9.87. The van der Waals surface area contributed by atoms with E-state index >= 15 is 0 Å². The lowest BCUT2D eigenvalue weighted by molar-refractivity contribution is -0.179. The highest BCUT2D eigenvalue weighted by atomic mass is 16.6. The van der Waals surface area contributed by atoms with Crippen LogP contribution < -0.4 is 0 Å². The Morgan fingerprint density at radius 2 is 2.12 bits per heavy atom. The van der Waals surface area contributed by atoms with E-state index in [1.54, 1.807) is 0 Å². The molecule has 2 heterocycles. The van der Waals surface area contributed by atoms with Crippen LogP contribution in [-0.4, -0.2) is 37.2 Å². The molecule has 1 unspecified atom stereocenters. The monoisotopic (exact) mass is 240 g/mol. The van der Waals surface area contributed by atoms with E-state index in [4.69, 9.17) is 9.47 Å². The maximum absolute atomic E-state index is 11.7. The molecule has 0 aliphatic carbocycles. The molecule has 0 bridgehead atoms. The summed E-state index contributed by atoms with van der Waals surface area (Å²) in [6.45, 7) is 1.82. The van der Waals surface area contributed by atoms with Crippen LogP contribution in [-0.2, 0) is 28.6 Å². The molecule has 0 radical (unpaired) electrons. The predicted octanol–water partition coefficient (Wildman–Crippen LogP) is 0.108. The van der Waals surface area contributed by atoms with Gasteiger partial charge in [-0.05, 0) is 13.3 Å². The highest BCUT2D eigenvalue weighted by Crippen LogP contribution is 2.39. The van der Waals surface area contributed by atoms with Gasteiger partial charge in [-0.3, -0.25) is 0 Å². The number of ether oxygens (including phenoxy) is 3. The van der Waals surface area contributed by atoms with E-state index < -0.39 is 23.5 Å². The topological polar surface area (TPSA) is 78.9 Å². The summed E-state index contributed by atoms with van der Waals surface area (Å²) in [5.74, 6) is -2.23. The van der Waals surface area contributed by atoms with Gasteiger partial charge in [0.05, 0.1) is 13.7 Å². The first kappa shape index (κ1) is 11.6. The average molecular weight is 240 g/mol. The van der Waals surface area contributed by atoms with Crippen molar-refractivity contribution >= 4 is 17.9 Å². The third-order valence-corrected chi connectivity index (χ3v) is 3.08. The normalized spacial score (nSPS) is 28.1. The van der Waals surface area contributed by atoms with Gasteiger partial charge in [-0.1, -0.05) is 0 Å². The average Bonchev–Trinajstić information content (AvgIpc) is 2.55. The van der Waals surface area contributed by atoms with Crippen LogP contribution in [0.15, 0.2) is 11.1 Å². The molecule has 1 atom stereocenters. The van der Waals surface area contributed by atoms with E-state index in [0.29, 0.717) is 19.4 Å². The first-order valence-corrected chi connectivity index (χ1v) is 5.23. The second-order valence-corrected chi connectivity index (χ2v) is 3.95. The van der Waals surface area contributed by atoms with Crippen LogP contribution in [0.25, 0.3) is 0 Å². The van der Waals surface area contributed by atoms with Gasteiger partial charge in [-0.2, -0.15) is 0 Å². The van der Waals surface area contributed by atoms with Gasteiger partial charge in [-0.25, -0.2) is 14.4 Å². The van der Waals surface area contributed by atoms with Crippen LogP contribution >= 0.6 is 0 Å². The minimum Gasteiger partial charge on any atom is -0.465 e. The van der Waals surface area contributed by atoms with Crippen molar-refractivity contribution in [3.63, 3.8) is 0 Å². The first-order valence-electron chi connectivity index (χ1n) is 5.23. The molecule has 2 aliphatic heterocycles. The third kappa shape index (κ3) is 1.51.